The van der Waals surface area contributed by atoms with Gasteiger partial charge in [-0.15, -0.1) is 0 Å². The molecule has 0 bridgehead atoms. The van der Waals surface area contributed by atoms with Crippen molar-refractivity contribution >= 4 is 11.7 Å². The van der Waals surface area contributed by atoms with Gasteiger partial charge in [-0.05, 0) is 25.8 Å². The van der Waals surface area contributed by atoms with Gasteiger partial charge < -0.3 is 5.32 Å². The molecule has 1 fully saturated rings. The van der Waals surface area contributed by atoms with Crippen molar-refractivity contribution in [2.24, 2.45) is 0 Å². The predicted octanol–water partition coefficient (Wildman–Crippen LogP) is 1.58. The summed E-state index contributed by atoms with van der Waals surface area (Å²) < 4.78 is 0. The molecule has 0 aliphatic heterocycles. The summed E-state index contributed by atoms with van der Waals surface area (Å²) in [6, 6.07) is 0.213. The summed E-state index contributed by atoms with van der Waals surface area (Å²) in [4.78, 5) is 22.4. The molecule has 0 saturated heterocycles. The van der Waals surface area contributed by atoms with Gasteiger partial charge in [0.2, 0.25) is 5.78 Å². The van der Waals surface area contributed by atoms with E-state index in [1.165, 1.54) is 12.5 Å². The highest BCUT2D eigenvalue weighted by molar-refractivity contribution is 6.40. The number of hydrogen-bond donors (Lipinski definition) is 1. The van der Waals surface area contributed by atoms with Gasteiger partial charge in [0.1, 0.15) is 0 Å². The fourth-order valence-electron chi connectivity index (χ4n) is 1.73. The fourth-order valence-corrected chi connectivity index (χ4v) is 1.73. The first kappa shape index (κ1) is 11.0. The first-order valence-corrected chi connectivity index (χ1v) is 5.21. The lowest BCUT2D eigenvalue weighted by atomic mass is 9.95. The number of nitrogens with one attached hydrogen (secondary N) is 1. The van der Waals surface area contributed by atoms with Gasteiger partial charge in [0.15, 0.2) is 0 Å². The summed E-state index contributed by atoms with van der Waals surface area (Å²) in [5, 5.41) is 2.76. The van der Waals surface area contributed by atoms with E-state index < -0.39 is 11.7 Å². The van der Waals surface area contributed by atoms with Gasteiger partial charge in [-0.1, -0.05) is 25.3 Å². The van der Waals surface area contributed by atoms with Crippen molar-refractivity contribution in [3.8, 4) is 0 Å². The van der Waals surface area contributed by atoms with Gasteiger partial charge in [0, 0.05) is 6.04 Å². The molecule has 0 unspecified atom stereocenters. The molecule has 0 aromatic heterocycles. The van der Waals surface area contributed by atoms with E-state index >= 15 is 0 Å². The van der Waals surface area contributed by atoms with E-state index in [9.17, 15) is 9.59 Å². The van der Waals surface area contributed by atoms with Gasteiger partial charge >= 0.3 is 0 Å². The standard InChI is InChI=1S/C11H17NO2/c1-2-6-10(13)11(14)12-9-7-4-3-5-8-9/h2,6,9H,3-5,7-8H2,1H3,(H,12,14)/b6-2+. The van der Waals surface area contributed by atoms with Crippen molar-refractivity contribution < 1.29 is 9.59 Å². The summed E-state index contributed by atoms with van der Waals surface area (Å²) >= 11 is 0. The van der Waals surface area contributed by atoms with Crippen LogP contribution in [0.15, 0.2) is 12.2 Å². The molecule has 3 heteroatoms. The maximum absolute atomic E-state index is 11.3. The Morgan fingerprint density at radius 2 is 1.86 bits per heavy atom. The molecule has 0 atom stereocenters. The minimum Gasteiger partial charge on any atom is -0.346 e. The fraction of sp³-hybridized carbons (Fsp3) is 0.636. The molecule has 1 aliphatic rings. The van der Waals surface area contributed by atoms with Crippen molar-refractivity contribution in [2.45, 2.75) is 45.1 Å². The maximum atomic E-state index is 11.3. The molecule has 14 heavy (non-hydrogen) atoms. The highest BCUT2D eigenvalue weighted by Gasteiger charge is 2.18. The van der Waals surface area contributed by atoms with E-state index in [0.29, 0.717) is 0 Å². The van der Waals surface area contributed by atoms with Crippen molar-refractivity contribution in [3.05, 3.63) is 12.2 Å². The van der Waals surface area contributed by atoms with Gasteiger partial charge in [0.25, 0.3) is 5.91 Å². The summed E-state index contributed by atoms with van der Waals surface area (Å²) in [6.07, 6.45) is 8.46. The molecule has 0 aromatic carbocycles. The molecule has 0 radical (unpaired) electrons. The van der Waals surface area contributed by atoms with Crippen LogP contribution in [0.4, 0.5) is 0 Å². The van der Waals surface area contributed by atoms with Crippen LogP contribution in [0.25, 0.3) is 0 Å². The van der Waals surface area contributed by atoms with E-state index in [2.05, 4.69) is 5.32 Å². The Morgan fingerprint density at radius 3 is 2.43 bits per heavy atom. The van der Waals surface area contributed by atoms with Crippen LogP contribution in [0.5, 0.6) is 0 Å². The second kappa shape index (κ2) is 5.58. The number of carbonyl (C=O) groups is 2. The van der Waals surface area contributed by atoms with Crippen molar-refractivity contribution in [1.29, 1.82) is 0 Å². The number of ketones is 1. The van der Waals surface area contributed by atoms with E-state index in [-0.39, 0.29) is 6.04 Å². The summed E-state index contributed by atoms with van der Waals surface area (Å²) in [5.41, 5.74) is 0. The third-order valence-corrected chi connectivity index (χ3v) is 2.48. The zero-order valence-corrected chi connectivity index (χ0v) is 8.58. The van der Waals surface area contributed by atoms with Crippen LogP contribution >= 0.6 is 0 Å². The quantitative estimate of drug-likeness (QED) is 0.549. The molecule has 1 N–H and O–H groups in total. The van der Waals surface area contributed by atoms with Gasteiger partial charge in [0.05, 0.1) is 0 Å². The van der Waals surface area contributed by atoms with Crippen molar-refractivity contribution in [1.82, 2.24) is 5.32 Å². The predicted molar refractivity (Wildman–Crippen MR) is 54.8 cm³/mol. The second-order valence-corrected chi connectivity index (χ2v) is 3.67. The lowest BCUT2D eigenvalue weighted by Crippen LogP contribution is -2.39. The number of amides is 1. The number of hydrogen-bond acceptors (Lipinski definition) is 2. The van der Waals surface area contributed by atoms with Crippen LogP contribution in [-0.2, 0) is 9.59 Å². The Balaban J connectivity index is 2.35. The van der Waals surface area contributed by atoms with Crippen molar-refractivity contribution in [2.75, 3.05) is 0 Å². The summed E-state index contributed by atoms with van der Waals surface area (Å²) in [7, 11) is 0. The Kier molecular flexibility index (Phi) is 4.36. The SMILES string of the molecule is C/C=C/C(=O)C(=O)NC1CCCCC1. The van der Waals surface area contributed by atoms with E-state index in [0.717, 1.165) is 25.7 Å². The molecule has 0 spiro atoms. The summed E-state index contributed by atoms with van der Waals surface area (Å²) in [6.45, 7) is 1.73. The van der Waals surface area contributed by atoms with E-state index in [1.807, 2.05) is 0 Å². The minimum atomic E-state index is -0.463. The monoisotopic (exact) mass is 195 g/mol. The van der Waals surface area contributed by atoms with Crippen molar-refractivity contribution in [3.63, 3.8) is 0 Å². The first-order valence-electron chi connectivity index (χ1n) is 5.21. The first-order chi connectivity index (χ1) is 6.74. The molecule has 1 saturated carbocycles. The van der Waals surface area contributed by atoms with Crippen LogP contribution in [0.1, 0.15) is 39.0 Å². The summed E-state index contributed by atoms with van der Waals surface area (Å²) in [5.74, 6) is -0.909. The Labute approximate surface area is 84.6 Å². The van der Waals surface area contributed by atoms with E-state index in [1.54, 1.807) is 13.0 Å². The lowest BCUT2D eigenvalue weighted by molar-refractivity contribution is -0.135. The molecule has 0 heterocycles. The molecular formula is C11H17NO2. The maximum Gasteiger partial charge on any atom is 0.291 e. The zero-order valence-electron chi connectivity index (χ0n) is 8.58. The average molecular weight is 195 g/mol. The highest BCUT2D eigenvalue weighted by Crippen LogP contribution is 2.17. The highest BCUT2D eigenvalue weighted by atomic mass is 16.2. The topological polar surface area (TPSA) is 46.2 Å². The number of carbonyl (C=O) groups excluding carboxylic acids is 2. The van der Waals surface area contributed by atoms with Gasteiger partial charge in [-0.25, -0.2) is 0 Å². The third-order valence-electron chi connectivity index (χ3n) is 2.48. The molecule has 1 amide bonds. The Hall–Kier alpha value is -1.12. The minimum absolute atomic E-state index is 0.213. The van der Waals surface area contributed by atoms with Gasteiger partial charge in [-0.3, -0.25) is 9.59 Å². The van der Waals surface area contributed by atoms with Gasteiger partial charge in [-0.2, -0.15) is 0 Å². The zero-order chi connectivity index (χ0) is 10.4. The van der Waals surface area contributed by atoms with E-state index in [4.69, 9.17) is 0 Å². The van der Waals surface area contributed by atoms with Crippen LogP contribution in [0.2, 0.25) is 0 Å². The molecule has 1 aliphatic carbocycles. The molecule has 78 valence electrons. The third kappa shape index (κ3) is 3.32. The smallest absolute Gasteiger partial charge is 0.291 e. The van der Waals surface area contributed by atoms with Crippen LogP contribution in [0, 0.1) is 0 Å². The largest absolute Gasteiger partial charge is 0.346 e. The molecule has 0 aromatic rings. The van der Waals surface area contributed by atoms with Crippen LogP contribution in [0.3, 0.4) is 0 Å². The van der Waals surface area contributed by atoms with Crippen LogP contribution in [-0.4, -0.2) is 17.7 Å². The second-order valence-electron chi connectivity index (χ2n) is 3.67. The van der Waals surface area contributed by atoms with Crippen LogP contribution < -0.4 is 5.32 Å². The Morgan fingerprint density at radius 1 is 1.21 bits per heavy atom. The Bertz CT molecular complexity index is 240. The molecule has 1 rings (SSSR count). The normalized spacial score (nSPS) is 18.4. The number of rotatable bonds is 3. The molecular weight excluding hydrogens is 178 g/mol. The number of allylic oxidation sites excluding steroid dienone is 1. The lowest BCUT2D eigenvalue weighted by Gasteiger charge is -2.21. The average Bonchev–Trinajstić information content (AvgIpc) is 2.19. The molecule has 3 nitrogen and oxygen atoms in total.